The number of nitrogens with one attached hydrogen (secondary N) is 1. The van der Waals surface area contributed by atoms with Gasteiger partial charge in [0, 0.05) is 34.0 Å². The van der Waals surface area contributed by atoms with Crippen LogP contribution in [0.4, 0.5) is 11.5 Å². The van der Waals surface area contributed by atoms with Crippen LogP contribution < -0.4 is 5.32 Å². The molecule has 1 N–H and O–H groups in total. The van der Waals surface area contributed by atoms with Gasteiger partial charge in [-0.05, 0) is 59.5 Å². The molecule has 0 aliphatic heterocycles. The minimum absolute atomic E-state index is 0.722. The summed E-state index contributed by atoms with van der Waals surface area (Å²) in [5.74, 6) is 0.799. The highest BCUT2D eigenvalue weighted by molar-refractivity contribution is 7.17. The lowest BCUT2D eigenvalue weighted by molar-refractivity contribution is 1.16. The van der Waals surface area contributed by atoms with Gasteiger partial charge in [-0.25, -0.2) is 9.97 Å². The van der Waals surface area contributed by atoms with Crippen LogP contribution in [-0.4, -0.2) is 15.0 Å². The van der Waals surface area contributed by atoms with E-state index in [2.05, 4.69) is 49.9 Å². The summed E-state index contributed by atoms with van der Waals surface area (Å²) >= 11 is 7.67. The van der Waals surface area contributed by atoms with Crippen molar-refractivity contribution in [3.63, 3.8) is 0 Å². The fourth-order valence-electron chi connectivity index (χ4n) is 3.39. The van der Waals surface area contributed by atoms with Crippen LogP contribution in [0.1, 0.15) is 11.1 Å². The van der Waals surface area contributed by atoms with E-state index in [-0.39, 0.29) is 0 Å². The van der Waals surface area contributed by atoms with E-state index in [1.807, 2.05) is 48.8 Å². The van der Waals surface area contributed by atoms with E-state index in [0.717, 1.165) is 44.3 Å². The Morgan fingerprint density at radius 2 is 1.57 bits per heavy atom. The predicted octanol–water partition coefficient (Wildman–Crippen LogP) is 6.74. The Bertz CT molecular complexity index is 1280. The van der Waals surface area contributed by atoms with E-state index >= 15 is 0 Å². The molecule has 5 aromatic rings. The average Bonchev–Trinajstić information content (AvgIpc) is 3.22. The number of halogens is 1. The van der Waals surface area contributed by atoms with Gasteiger partial charge in [-0.3, -0.25) is 4.98 Å². The third kappa shape index (κ3) is 3.90. The second-order valence-electron chi connectivity index (χ2n) is 6.91. The van der Waals surface area contributed by atoms with Crippen molar-refractivity contribution in [1.82, 2.24) is 15.0 Å². The van der Waals surface area contributed by atoms with Crippen molar-refractivity contribution >= 4 is 44.7 Å². The highest BCUT2D eigenvalue weighted by Crippen LogP contribution is 2.37. The summed E-state index contributed by atoms with van der Waals surface area (Å²) < 4.78 is 0. The van der Waals surface area contributed by atoms with Gasteiger partial charge in [0.25, 0.3) is 0 Å². The lowest BCUT2D eigenvalue weighted by Crippen LogP contribution is -1.96. The highest BCUT2D eigenvalue weighted by Gasteiger charge is 2.13. The number of benzene rings is 2. The first-order valence-corrected chi connectivity index (χ1v) is 10.7. The Morgan fingerprint density at radius 1 is 0.833 bits per heavy atom. The zero-order valence-electron chi connectivity index (χ0n) is 15.9. The number of aromatic nitrogens is 3. The molecule has 30 heavy (non-hydrogen) atoms. The SMILES string of the molecule is Clc1ccc(-c2csc3ncnc(Nc4ccc(Cc5ccncc5)cc4)c23)cc1. The molecule has 0 spiro atoms. The van der Waals surface area contributed by atoms with Crippen LogP contribution in [0.25, 0.3) is 21.3 Å². The first-order valence-electron chi connectivity index (χ1n) is 9.49. The molecule has 146 valence electrons. The summed E-state index contributed by atoms with van der Waals surface area (Å²) in [5.41, 5.74) is 5.67. The lowest BCUT2D eigenvalue weighted by Gasteiger charge is -2.09. The summed E-state index contributed by atoms with van der Waals surface area (Å²) in [6, 6.07) is 20.4. The molecule has 0 unspecified atom stereocenters. The molecular formula is C24H17ClN4S. The quantitative estimate of drug-likeness (QED) is 0.336. The van der Waals surface area contributed by atoms with Crippen molar-refractivity contribution in [2.75, 3.05) is 5.32 Å². The van der Waals surface area contributed by atoms with E-state index in [0.29, 0.717) is 0 Å². The summed E-state index contributed by atoms with van der Waals surface area (Å²) in [6.07, 6.45) is 6.13. The van der Waals surface area contributed by atoms with Crippen molar-refractivity contribution in [3.8, 4) is 11.1 Å². The van der Waals surface area contributed by atoms with Crippen LogP contribution in [0.5, 0.6) is 0 Å². The molecule has 0 saturated carbocycles. The third-order valence-corrected chi connectivity index (χ3v) is 6.04. The van der Waals surface area contributed by atoms with Crippen molar-refractivity contribution in [2.24, 2.45) is 0 Å². The molecule has 0 radical (unpaired) electrons. The normalized spacial score (nSPS) is 11.0. The molecule has 6 heteroatoms. The second kappa shape index (κ2) is 8.22. The molecule has 0 amide bonds. The van der Waals surface area contributed by atoms with E-state index in [1.165, 1.54) is 11.1 Å². The smallest absolute Gasteiger partial charge is 0.143 e. The molecule has 0 fully saturated rings. The van der Waals surface area contributed by atoms with Crippen LogP contribution in [0.2, 0.25) is 5.02 Å². The highest BCUT2D eigenvalue weighted by atomic mass is 35.5. The van der Waals surface area contributed by atoms with Gasteiger partial charge >= 0.3 is 0 Å². The zero-order valence-corrected chi connectivity index (χ0v) is 17.5. The number of hydrogen-bond donors (Lipinski definition) is 1. The molecular weight excluding hydrogens is 412 g/mol. The molecule has 0 aliphatic rings. The maximum absolute atomic E-state index is 6.06. The maximum atomic E-state index is 6.06. The lowest BCUT2D eigenvalue weighted by atomic mass is 10.1. The second-order valence-corrected chi connectivity index (χ2v) is 8.21. The number of hydrogen-bond acceptors (Lipinski definition) is 5. The van der Waals surface area contributed by atoms with Crippen molar-refractivity contribution < 1.29 is 0 Å². The molecule has 0 saturated heterocycles. The van der Waals surface area contributed by atoms with Crippen LogP contribution in [0, 0.1) is 0 Å². The topological polar surface area (TPSA) is 50.7 Å². The first-order chi connectivity index (χ1) is 14.8. The van der Waals surface area contributed by atoms with Crippen LogP contribution in [0.15, 0.2) is 84.8 Å². The number of nitrogens with zero attached hydrogens (tertiary/aromatic N) is 3. The Kier molecular flexibility index (Phi) is 5.13. The number of pyridine rings is 1. The fraction of sp³-hybridized carbons (Fsp3) is 0.0417. The Labute approximate surface area is 183 Å². The van der Waals surface area contributed by atoms with Crippen LogP contribution in [-0.2, 0) is 6.42 Å². The standard InChI is InChI=1S/C24H17ClN4S/c25-19-5-3-18(4-6-19)21-14-30-24-22(21)23(27-15-28-24)29-20-7-1-16(2-8-20)13-17-9-11-26-12-10-17/h1-12,14-15H,13H2,(H,27,28,29). The van der Waals surface area contributed by atoms with Gasteiger partial charge in [0.15, 0.2) is 0 Å². The van der Waals surface area contributed by atoms with Gasteiger partial charge < -0.3 is 5.32 Å². The van der Waals surface area contributed by atoms with E-state index in [9.17, 15) is 0 Å². The fourth-order valence-corrected chi connectivity index (χ4v) is 4.43. The zero-order chi connectivity index (χ0) is 20.3. The Morgan fingerprint density at radius 3 is 2.33 bits per heavy atom. The molecule has 3 heterocycles. The molecule has 3 aromatic heterocycles. The van der Waals surface area contributed by atoms with Crippen molar-refractivity contribution in [3.05, 3.63) is 101 Å². The maximum Gasteiger partial charge on any atom is 0.143 e. The number of thiophene rings is 1. The van der Waals surface area contributed by atoms with Gasteiger partial charge in [-0.15, -0.1) is 11.3 Å². The Balaban J connectivity index is 1.44. The van der Waals surface area contributed by atoms with E-state index in [1.54, 1.807) is 17.7 Å². The molecule has 2 aromatic carbocycles. The predicted molar refractivity (Wildman–Crippen MR) is 125 cm³/mol. The Hall–Kier alpha value is -3.28. The largest absolute Gasteiger partial charge is 0.340 e. The molecule has 4 nitrogen and oxygen atoms in total. The number of fused-ring (bicyclic) bond motifs is 1. The average molecular weight is 429 g/mol. The molecule has 5 rings (SSSR count). The molecule has 0 bridgehead atoms. The van der Waals surface area contributed by atoms with Gasteiger partial charge in [0.1, 0.15) is 17.0 Å². The summed E-state index contributed by atoms with van der Waals surface area (Å²) in [6.45, 7) is 0. The minimum Gasteiger partial charge on any atom is -0.340 e. The van der Waals surface area contributed by atoms with Crippen LogP contribution in [0.3, 0.4) is 0 Å². The van der Waals surface area contributed by atoms with Gasteiger partial charge in [0.2, 0.25) is 0 Å². The summed E-state index contributed by atoms with van der Waals surface area (Å²) in [4.78, 5) is 14.0. The third-order valence-electron chi connectivity index (χ3n) is 4.90. The summed E-state index contributed by atoms with van der Waals surface area (Å²) in [5, 5.41) is 7.32. The van der Waals surface area contributed by atoms with E-state index < -0.39 is 0 Å². The monoisotopic (exact) mass is 428 g/mol. The number of anilines is 2. The minimum atomic E-state index is 0.722. The van der Waals surface area contributed by atoms with Gasteiger partial charge in [-0.1, -0.05) is 35.9 Å². The molecule has 0 atom stereocenters. The van der Waals surface area contributed by atoms with Crippen molar-refractivity contribution in [2.45, 2.75) is 6.42 Å². The molecule has 0 aliphatic carbocycles. The van der Waals surface area contributed by atoms with Crippen LogP contribution >= 0.6 is 22.9 Å². The first kappa shape index (κ1) is 18.7. The number of rotatable bonds is 5. The summed E-state index contributed by atoms with van der Waals surface area (Å²) in [7, 11) is 0. The van der Waals surface area contributed by atoms with Crippen molar-refractivity contribution in [1.29, 1.82) is 0 Å². The van der Waals surface area contributed by atoms with E-state index in [4.69, 9.17) is 11.6 Å². The van der Waals surface area contributed by atoms with Gasteiger partial charge in [0.05, 0.1) is 5.39 Å². The van der Waals surface area contributed by atoms with Gasteiger partial charge in [-0.2, -0.15) is 0 Å².